The van der Waals surface area contributed by atoms with E-state index in [4.69, 9.17) is 14.2 Å². The molecule has 0 aliphatic heterocycles. The Hall–Kier alpha value is -2.88. The summed E-state index contributed by atoms with van der Waals surface area (Å²) in [5, 5.41) is 0. The third-order valence-corrected chi connectivity index (χ3v) is 8.12. The van der Waals surface area contributed by atoms with Gasteiger partial charge in [0.05, 0.1) is 32.5 Å². The van der Waals surface area contributed by atoms with E-state index in [-0.39, 0.29) is 12.2 Å². The molecule has 234 valence electrons. The number of rotatable bonds is 24. The van der Waals surface area contributed by atoms with Crippen LogP contribution in [0.5, 0.6) is 5.75 Å². The fourth-order valence-corrected chi connectivity index (χ4v) is 5.41. The highest BCUT2D eigenvalue weighted by molar-refractivity contribution is 5.27. The van der Waals surface area contributed by atoms with Gasteiger partial charge in [0, 0.05) is 6.42 Å². The summed E-state index contributed by atoms with van der Waals surface area (Å²) in [6.45, 7) is 3.51. The number of methoxy groups -OCH3 is 1. The van der Waals surface area contributed by atoms with Crippen molar-refractivity contribution in [2.24, 2.45) is 0 Å². The Kier molecular flexibility index (Phi) is 18.2. The van der Waals surface area contributed by atoms with Crippen LogP contribution in [0.2, 0.25) is 0 Å². The van der Waals surface area contributed by atoms with Crippen LogP contribution in [0, 0.1) is 0 Å². The zero-order valence-corrected chi connectivity index (χ0v) is 26.9. The van der Waals surface area contributed by atoms with Crippen LogP contribution in [0.1, 0.15) is 107 Å². The molecule has 0 radical (unpaired) electrons. The number of ether oxygens (including phenoxy) is 3. The first-order valence-electron chi connectivity index (χ1n) is 16.9. The highest BCUT2D eigenvalue weighted by Gasteiger charge is 2.17. The molecule has 0 N–H and O–H groups in total. The molecule has 0 heterocycles. The maximum absolute atomic E-state index is 6.55. The molecule has 0 fully saturated rings. The van der Waals surface area contributed by atoms with Crippen LogP contribution in [0.3, 0.4) is 0 Å². The minimum atomic E-state index is 0.0139. The van der Waals surface area contributed by atoms with Gasteiger partial charge >= 0.3 is 0 Å². The Morgan fingerprint density at radius 1 is 0.605 bits per heavy atom. The topological polar surface area (TPSA) is 27.7 Å². The van der Waals surface area contributed by atoms with Crippen molar-refractivity contribution in [1.29, 1.82) is 0 Å². The summed E-state index contributed by atoms with van der Waals surface area (Å²) in [4.78, 5) is 0. The van der Waals surface area contributed by atoms with Gasteiger partial charge in [-0.1, -0.05) is 150 Å². The average molecular weight is 585 g/mol. The molecule has 0 aliphatic carbocycles. The van der Waals surface area contributed by atoms with Crippen molar-refractivity contribution in [2.75, 3.05) is 7.11 Å². The summed E-state index contributed by atoms with van der Waals surface area (Å²) in [7, 11) is 1.71. The third kappa shape index (κ3) is 16.0. The first-order valence-corrected chi connectivity index (χ1v) is 16.9. The lowest BCUT2D eigenvalue weighted by Crippen LogP contribution is -2.23. The summed E-state index contributed by atoms with van der Waals surface area (Å²) in [6.07, 6.45) is 22.3. The fourth-order valence-electron chi connectivity index (χ4n) is 5.41. The minimum absolute atomic E-state index is 0.0139. The lowest BCUT2D eigenvalue weighted by Gasteiger charge is -2.23. The standard InChI is InChI=1S/C40H56O3/c1-3-4-5-6-7-8-9-10-11-12-13-20-25-39(42-33-36-21-16-14-17-22-36)32-40(43-34-37-23-18-15-19-24-37)31-28-35-26-29-38(41-2)30-27-35/h14-27,29-30,39-40H,3-13,28,31-34H2,1-2H3/b25-20+/t39-,40+/m1/s1. The normalized spacial score (nSPS) is 12.9. The molecule has 0 aromatic heterocycles. The van der Waals surface area contributed by atoms with Crippen LogP contribution in [-0.2, 0) is 29.1 Å². The van der Waals surface area contributed by atoms with Crippen LogP contribution in [0.4, 0.5) is 0 Å². The molecule has 43 heavy (non-hydrogen) atoms. The lowest BCUT2D eigenvalue weighted by molar-refractivity contribution is -0.0162. The highest BCUT2D eigenvalue weighted by Crippen LogP contribution is 2.20. The van der Waals surface area contributed by atoms with Gasteiger partial charge in [-0.25, -0.2) is 0 Å². The monoisotopic (exact) mass is 584 g/mol. The number of allylic oxidation sites excluding steroid dienone is 1. The van der Waals surface area contributed by atoms with E-state index in [1.807, 2.05) is 12.1 Å². The Bertz CT molecular complexity index is 1080. The summed E-state index contributed by atoms with van der Waals surface area (Å²) in [5.41, 5.74) is 3.71. The SMILES string of the molecule is CCCCCCCCCCCC/C=C/[C@H](C[C@H](CCc1ccc(OC)cc1)OCc1ccccc1)OCc1ccccc1. The van der Waals surface area contributed by atoms with Gasteiger partial charge in [-0.2, -0.15) is 0 Å². The quantitative estimate of drug-likeness (QED) is 0.0774. The van der Waals surface area contributed by atoms with Crippen LogP contribution in [0.15, 0.2) is 97.1 Å². The Morgan fingerprint density at radius 3 is 1.74 bits per heavy atom. The molecular formula is C40H56O3. The molecule has 0 spiro atoms. The maximum atomic E-state index is 6.55. The first kappa shape index (κ1) is 34.6. The van der Waals surface area contributed by atoms with E-state index >= 15 is 0 Å². The molecule has 3 aromatic rings. The van der Waals surface area contributed by atoms with Crippen LogP contribution in [0.25, 0.3) is 0 Å². The van der Waals surface area contributed by atoms with Gasteiger partial charge in [-0.05, 0) is 54.5 Å². The Morgan fingerprint density at radius 2 is 1.16 bits per heavy atom. The molecule has 0 aliphatic rings. The predicted molar refractivity (Wildman–Crippen MR) is 182 cm³/mol. The number of hydrogen-bond acceptors (Lipinski definition) is 3. The van der Waals surface area contributed by atoms with Crippen molar-refractivity contribution in [2.45, 2.75) is 122 Å². The highest BCUT2D eigenvalue weighted by atomic mass is 16.5. The van der Waals surface area contributed by atoms with Gasteiger partial charge in [0.25, 0.3) is 0 Å². The van der Waals surface area contributed by atoms with Crippen molar-refractivity contribution in [3.8, 4) is 5.75 Å². The molecule has 0 saturated carbocycles. The molecule has 3 rings (SSSR count). The van der Waals surface area contributed by atoms with E-state index in [2.05, 4.69) is 91.9 Å². The smallest absolute Gasteiger partial charge is 0.118 e. The number of hydrogen-bond donors (Lipinski definition) is 0. The molecule has 3 heteroatoms. The first-order chi connectivity index (χ1) is 21.3. The van der Waals surface area contributed by atoms with E-state index in [0.29, 0.717) is 13.2 Å². The van der Waals surface area contributed by atoms with E-state index in [1.54, 1.807) is 7.11 Å². The fraction of sp³-hybridized carbons (Fsp3) is 0.500. The maximum Gasteiger partial charge on any atom is 0.118 e. The molecule has 2 atom stereocenters. The largest absolute Gasteiger partial charge is 0.497 e. The zero-order valence-electron chi connectivity index (χ0n) is 26.9. The third-order valence-electron chi connectivity index (χ3n) is 8.12. The van der Waals surface area contributed by atoms with Crippen molar-refractivity contribution < 1.29 is 14.2 Å². The summed E-state index contributed by atoms with van der Waals surface area (Å²) in [6, 6.07) is 29.4. The van der Waals surface area contributed by atoms with Gasteiger partial charge in [-0.3, -0.25) is 0 Å². The van der Waals surface area contributed by atoms with Gasteiger partial charge in [0.1, 0.15) is 5.75 Å². The molecule has 0 bridgehead atoms. The number of benzene rings is 3. The van der Waals surface area contributed by atoms with Crippen LogP contribution < -0.4 is 4.74 Å². The molecule has 3 nitrogen and oxygen atoms in total. The van der Waals surface area contributed by atoms with Crippen molar-refractivity contribution in [1.82, 2.24) is 0 Å². The van der Waals surface area contributed by atoms with E-state index in [9.17, 15) is 0 Å². The zero-order chi connectivity index (χ0) is 30.2. The van der Waals surface area contributed by atoms with Crippen LogP contribution in [-0.4, -0.2) is 19.3 Å². The molecule has 0 amide bonds. The van der Waals surface area contributed by atoms with Gasteiger partial charge in [-0.15, -0.1) is 0 Å². The molecule has 0 saturated heterocycles. The van der Waals surface area contributed by atoms with Crippen molar-refractivity contribution >= 4 is 0 Å². The molecule has 3 aromatic carbocycles. The summed E-state index contributed by atoms with van der Waals surface area (Å²) in [5.74, 6) is 0.891. The predicted octanol–water partition coefficient (Wildman–Crippen LogP) is 11.1. The van der Waals surface area contributed by atoms with Gasteiger partial charge in [0.15, 0.2) is 0 Å². The molecule has 0 unspecified atom stereocenters. The Balaban J connectivity index is 1.53. The Labute approximate surface area is 262 Å². The van der Waals surface area contributed by atoms with E-state index in [1.165, 1.54) is 80.9 Å². The number of unbranched alkanes of at least 4 members (excludes halogenated alkanes) is 10. The average Bonchev–Trinajstić information content (AvgIpc) is 3.06. The summed E-state index contributed by atoms with van der Waals surface area (Å²) < 4.78 is 18.4. The number of aryl methyl sites for hydroxylation is 1. The van der Waals surface area contributed by atoms with Crippen molar-refractivity contribution in [3.05, 3.63) is 114 Å². The van der Waals surface area contributed by atoms with Crippen LogP contribution >= 0.6 is 0 Å². The van der Waals surface area contributed by atoms with E-state index in [0.717, 1.165) is 31.4 Å². The second kappa shape index (κ2) is 22.6. The summed E-state index contributed by atoms with van der Waals surface area (Å²) >= 11 is 0. The lowest BCUT2D eigenvalue weighted by atomic mass is 10.0. The van der Waals surface area contributed by atoms with Gasteiger partial charge in [0.2, 0.25) is 0 Å². The van der Waals surface area contributed by atoms with Crippen molar-refractivity contribution in [3.63, 3.8) is 0 Å². The second-order valence-corrected chi connectivity index (χ2v) is 11.8. The minimum Gasteiger partial charge on any atom is -0.497 e. The van der Waals surface area contributed by atoms with E-state index < -0.39 is 0 Å². The molecular weight excluding hydrogens is 528 g/mol. The van der Waals surface area contributed by atoms with Gasteiger partial charge < -0.3 is 14.2 Å². The second-order valence-electron chi connectivity index (χ2n) is 11.8.